The molecule has 1 unspecified atom stereocenters. The first kappa shape index (κ1) is 9.57. The smallest absolute Gasteiger partial charge is 0.102 e. The Morgan fingerprint density at radius 3 is 2.93 bits per heavy atom. The topological polar surface area (TPSA) is 9.23 Å². The highest BCUT2D eigenvalue weighted by Crippen LogP contribution is 2.24. The Bertz CT molecular complexity index is 284. The Balaban J connectivity index is 1.86. The van der Waals surface area contributed by atoms with E-state index in [9.17, 15) is 0 Å². The maximum Gasteiger partial charge on any atom is 0.102 e. The summed E-state index contributed by atoms with van der Waals surface area (Å²) in [5.74, 6) is 1.17. The van der Waals surface area contributed by atoms with Crippen LogP contribution in [0.1, 0.15) is 39.0 Å². The number of hydrogen-bond acceptors (Lipinski definition) is 1. The van der Waals surface area contributed by atoms with Gasteiger partial charge in [0.2, 0.25) is 0 Å². The average molecular weight is 190 g/mol. The summed E-state index contributed by atoms with van der Waals surface area (Å²) >= 11 is 0. The minimum Gasteiger partial charge on any atom is -0.494 e. The van der Waals surface area contributed by atoms with E-state index in [4.69, 9.17) is 4.74 Å². The van der Waals surface area contributed by atoms with E-state index in [1.807, 2.05) is 0 Å². The maximum absolute atomic E-state index is 5.95. The van der Waals surface area contributed by atoms with Crippen LogP contribution in [0, 0.1) is 0 Å². The lowest BCUT2D eigenvalue weighted by Crippen LogP contribution is -2.15. The highest BCUT2D eigenvalue weighted by atomic mass is 16.5. The lowest BCUT2D eigenvalue weighted by molar-refractivity contribution is 0.1000. The minimum absolute atomic E-state index is 0.427. The van der Waals surface area contributed by atoms with Crippen molar-refractivity contribution >= 4 is 0 Å². The molecule has 0 heterocycles. The Hall–Kier alpha value is -0.980. The van der Waals surface area contributed by atoms with Gasteiger partial charge in [0.1, 0.15) is 6.10 Å². The predicted octanol–water partition coefficient (Wildman–Crippen LogP) is 3.74. The number of rotatable bonds is 2. The highest BCUT2D eigenvalue weighted by molar-refractivity contribution is 5.14. The molecule has 0 amide bonds. The van der Waals surface area contributed by atoms with Gasteiger partial charge >= 0.3 is 0 Å². The normalized spacial score (nSPS) is 26.8. The van der Waals surface area contributed by atoms with Crippen LogP contribution in [0.3, 0.4) is 0 Å². The fourth-order valence-corrected chi connectivity index (χ4v) is 1.94. The van der Waals surface area contributed by atoms with Crippen LogP contribution in [0.4, 0.5) is 0 Å². The van der Waals surface area contributed by atoms with Gasteiger partial charge in [0, 0.05) is 12.8 Å². The highest BCUT2D eigenvalue weighted by Gasteiger charge is 2.15. The quantitative estimate of drug-likeness (QED) is 0.603. The Morgan fingerprint density at radius 2 is 2.29 bits per heavy atom. The molecule has 0 fully saturated rings. The molecule has 0 aromatic carbocycles. The fourth-order valence-electron chi connectivity index (χ4n) is 1.94. The second kappa shape index (κ2) is 4.50. The zero-order valence-corrected chi connectivity index (χ0v) is 8.83. The van der Waals surface area contributed by atoms with Crippen LogP contribution in [0.5, 0.6) is 0 Å². The summed E-state index contributed by atoms with van der Waals surface area (Å²) in [5, 5.41) is 0. The second-order valence-electron chi connectivity index (χ2n) is 4.16. The first-order chi connectivity index (χ1) is 6.84. The molecule has 0 saturated carbocycles. The molecule has 0 aliphatic heterocycles. The molecule has 1 heteroatoms. The van der Waals surface area contributed by atoms with Crippen LogP contribution < -0.4 is 0 Å². The molecule has 0 aromatic rings. The molecule has 0 aromatic heterocycles. The van der Waals surface area contributed by atoms with E-state index in [-0.39, 0.29) is 0 Å². The number of hydrogen-bond donors (Lipinski definition) is 0. The lowest BCUT2D eigenvalue weighted by Gasteiger charge is -2.24. The molecule has 76 valence electrons. The van der Waals surface area contributed by atoms with E-state index in [0.29, 0.717) is 6.10 Å². The van der Waals surface area contributed by atoms with E-state index in [2.05, 4.69) is 31.2 Å². The van der Waals surface area contributed by atoms with Crippen molar-refractivity contribution in [2.24, 2.45) is 0 Å². The molecule has 0 radical (unpaired) electrons. The van der Waals surface area contributed by atoms with Gasteiger partial charge in [0.25, 0.3) is 0 Å². The molecule has 1 atom stereocenters. The van der Waals surface area contributed by atoms with Gasteiger partial charge in [-0.2, -0.15) is 0 Å². The Morgan fingerprint density at radius 1 is 1.36 bits per heavy atom. The number of ether oxygens (including phenoxy) is 1. The molecule has 0 saturated heterocycles. The second-order valence-corrected chi connectivity index (χ2v) is 4.16. The molecule has 2 aliphatic rings. The van der Waals surface area contributed by atoms with Gasteiger partial charge in [-0.1, -0.05) is 23.8 Å². The van der Waals surface area contributed by atoms with E-state index >= 15 is 0 Å². The summed E-state index contributed by atoms with van der Waals surface area (Å²) in [5.41, 5.74) is 1.52. The monoisotopic (exact) mass is 190 g/mol. The van der Waals surface area contributed by atoms with Crippen molar-refractivity contribution in [2.45, 2.75) is 45.1 Å². The van der Waals surface area contributed by atoms with Gasteiger partial charge in [-0.3, -0.25) is 0 Å². The van der Waals surface area contributed by atoms with Gasteiger partial charge in [-0.25, -0.2) is 0 Å². The molecule has 1 nitrogen and oxygen atoms in total. The Labute approximate surface area is 86.2 Å². The molecule has 0 N–H and O–H groups in total. The maximum atomic E-state index is 5.95. The van der Waals surface area contributed by atoms with E-state index in [1.165, 1.54) is 24.2 Å². The lowest BCUT2D eigenvalue weighted by atomic mass is 9.98. The van der Waals surface area contributed by atoms with E-state index in [0.717, 1.165) is 19.3 Å². The molecular formula is C13H18O. The van der Waals surface area contributed by atoms with Crippen LogP contribution in [0.2, 0.25) is 0 Å². The standard InChI is InChI=1S/C13H18O/c1-11-7-9-13(10-8-11)14-12-5-3-2-4-6-12/h2-3,5,7,13H,4,6,8-10H2,1H3. The van der Waals surface area contributed by atoms with Gasteiger partial charge in [-0.05, 0) is 32.3 Å². The summed E-state index contributed by atoms with van der Waals surface area (Å²) in [6.45, 7) is 2.21. The molecule has 0 bridgehead atoms. The van der Waals surface area contributed by atoms with Crippen LogP contribution in [0.25, 0.3) is 0 Å². The SMILES string of the molecule is CC1=CCC(OC2=CC=CCC2)CC1. The van der Waals surface area contributed by atoms with Gasteiger partial charge in [-0.15, -0.1) is 0 Å². The van der Waals surface area contributed by atoms with Crippen LogP contribution >= 0.6 is 0 Å². The fraction of sp³-hybridized carbons (Fsp3) is 0.538. The number of allylic oxidation sites excluding steroid dienone is 5. The largest absolute Gasteiger partial charge is 0.494 e. The summed E-state index contributed by atoms with van der Waals surface area (Å²) in [4.78, 5) is 0. The molecular weight excluding hydrogens is 172 g/mol. The van der Waals surface area contributed by atoms with Crippen molar-refractivity contribution in [1.29, 1.82) is 0 Å². The summed E-state index contributed by atoms with van der Waals surface area (Å²) in [6.07, 6.45) is 14.8. The van der Waals surface area contributed by atoms with Crippen LogP contribution in [-0.4, -0.2) is 6.10 Å². The van der Waals surface area contributed by atoms with Crippen LogP contribution in [-0.2, 0) is 4.74 Å². The summed E-state index contributed by atoms with van der Waals surface area (Å²) < 4.78 is 5.95. The first-order valence-corrected chi connectivity index (χ1v) is 5.52. The molecule has 2 aliphatic carbocycles. The zero-order chi connectivity index (χ0) is 9.80. The summed E-state index contributed by atoms with van der Waals surface area (Å²) in [7, 11) is 0. The minimum atomic E-state index is 0.427. The predicted molar refractivity (Wildman–Crippen MR) is 58.9 cm³/mol. The molecule has 0 spiro atoms. The van der Waals surface area contributed by atoms with Crippen molar-refractivity contribution < 1.29 is 4.74 Å². The first-order valence-electron chi connectivity index (χ1n) is 5.52. The van der Waals surface area contributed by atoms with Gasteiger partial charge < -0.3 is 4.74 Å². The van der Waals surface area contributed by atoms with Gasteiger partial charge in [0.05, 0.1) is 5.76 Å². The van der Waals surface area contributed by atoms with Crippen molar-refractivity contribution in [3.8, 4) is 0 Å². The third-order valence-electron chi connectivity index (χ3n) is 2.88. The van der Waals surface area contributed by atoms with Crippen molar-refractivity contribution in [3.05, 3.63) is 35.6 Å². The van der Waals surface area contributed by atoms with Gasteiger partial charge in [0.15, 0.2) is 0 Å². The third kappa shape index (κ3) is 2.50. The van der Waals surface area contributed by atoms with E-state index < -0.39 is 0 Å². The summed E-state index contributed by atoms with van der Waals surface area (Å²) in [6, 6.07) is 0. The van der Waals surface area contributed by atoms with Crippen molar-refractivity contribution in [2.75, 3.05) is 0 Å². The van der Waals surface area contributed by atoms with Crippen molar-refractivity contribution in [3.63, 3.8) is 0 Å². The van der Waals surface area contributed by atoms with E-state index in [1.54, 1.807) is 0 Å². The molecule has 2 rings (SSSR count). The molecule has 14 heavy (non-hydrogen) atoms. The van der Waals surface area contributed by atoms with Crippen molar-refractivity contribution in [1.82, 2.24) is 0 Å². The zero-order valence-electron chi connectivity index (χ0n) is 8.83. The third-order valence-corrected chi connectivity index (χ3v) is 2.88. The average Bonchev–Trinajstić information content (AvgIpc) is 2.23. The Kier molecular flexibility index (Phi) is 3.07. The van der Waals surface area contributed by atoms with Crippen LogP contribution in [0.15, 0.2) is 35.6 Å².